The van der Waals surface area contributed by atoms with Crippen LogP contribution in [-0.2, 0) is 5.41 Å². The van der Waals surface area contributed by atoms with Gasteiger partial charge in [0.25, 0.3) is 0 Å². The molecule has 0 saturated heterocycles. The van der Waals surface area contributed by atoms with Crippen molar-refractivity contribution in [2.24, 2.45) is 0 Å². The summed E-state index contributed by atoms with van der Waals surface area (Å²) >= 11 is 0. The lowest BCUT2D eigenvalue weighted by atomic mass is 9.67. The van der Waals surface area contributed by atoms with Crippen molar-refractivity contribution >= 4 is 8.07 Å². The summed E-state index contributed by atoms with van der Waals surface area (Å²) in [5.74, 6) is 5.18. The minimum atomic E-state index is -1.50. The first-order chi connectivity index (χ1) is 16.9. The van der Waals surface area contributed by atoms with Crippen molar-refractivity contribution in [3.8, 4) is 34.1 Å². The van der Waals surface area contributed by atoms with Gasteiger partial charge in [0.15, 0.2) is 0 Å². The Labute approximate surface area is 209 Å². The molecule has 0 aliphatic heterocycles. The molecular formula is C32H30O2Si. The molecule has 0 spiro atoms. The number of hydrogen-bond donors (Lipinski definition) is 0. The van der Waals surface area contributed by atoms with E-state index in [2.05, 4.69) is 122 Å². The van der Waals surface area contributed by atoms with Crippen molar-refractivity contribution in [1.82, 2.24) is 0 Å². The molecule has 174 valence electrons. The minimum absolute atomic E-state index is 0.471. The summed E-state index contributed by atoms with van der Waals surface area (Å²) < 4.78 is 11.0. The zero-order valence-corrected chi connectivity index (χ0v) is 22.0. The zero-order chi connectivity index (χ0) is 24.6. The number of benzene rings is 4. The van der Waals surface area contributed by atoms with Crippen LogP contribution in [0.15, 0.2) is 91.0 Å². The number of rotatable bonds is 4. The van der Waals surface area contributed by atoms with Gasteiger partial charge in [-0.2, -0.15) is 0 Å². The Morgan fingerprint density at radius 2 is 1.17 bits per heavy atom. The number of methoxy groups -OCH3 is 2. The second kappa shape index (κ2) is 8.80. The Morgan fingerprint density at radius 3 is 1.71 bits per heavy atom. The van der Waals surface area contributed by atoms with Gasteiger partial charge >= 0.3 is 0 Å². The number of hydrogen-bond acceptors (Lipinski definition) is 2. The Kier molecular flexibility index (Phi) is 5.79. The number of ether oxygens (including phenoxy) is 2. The standard InChI is InChI=1S/C32H30O2Si/c1-33-26-15-11-24(12-16-26)32(25-13-17-27(34-2)18-14-25)30-9-7-6-8-28(30)29-19-10-23(22-31(29)32)20-21-35(3,4)5/h6-19,22H,1-5H3. The van der Waals surface area contributed by atoms with Gasteiger partial charge in [0, 0.05) is 5.56 Å². The van der Waals surface area contributed by atoms with Crippen molar-refractivity contribution in [3.63, 3.8) is 0 Å². The van der Waals surface area contributed by atoms with Crippen LogP contribution < -0.4 is 9.47 Å². The summed E-state index contributed by atoms with van der Waals surface area (Å²) in [5.41, 5.74) is 11.6. The third kappa shape index (κ3) is 3.94. The first-order valence-electron chi connectivity index (χ1n) is 11.9. The molecule has 0 heterocycles. The van der Waals surface area contributed by atoms with Gasteiger partial charge < -0.3 is 9.47 Å². The third-order valence-electron chi connectivity index (χ3n) is 6.67. The van der Waals surface area contributed by atoms with E-state index in [0.29, 0.717) is 0 Å². The van der Waals surface area contributed by atoms with E-state index in [4.69, 9.17) is 9.47 Å². The van der Waals surface area contributed by atoms with Gasteiger partial charge in [-0.25, -0.2) is 0 Å². The molecule has 4 aromatic carbocycles. The molecule has 3 heteroatoms. The van der Waals surface area contributed by atoms with Crippen molar-refractivity contribution in [2.45, 2.75) is 25.1 Å². The maximum absolute atomic E-state index is 5.49. The van der Waals surface area contributed by atoms with Gasteiger partial charge in [-0.1, -0.05) is 80.2 Å². The molecule has 0 amide bonds. The van der Waals surface area contributed by atoms with Crippen LogP contribution in [0.25, 0.3) is 11.1 Å². The molecule has 0 saturated carbocycles. The van der Waals surface area contributed by atoms with Crippen LogP contribution in [0.3, 0.4) is 0 Å². The molecule has 0 fully saturated rings. The minimum Gasteiger partial charge on any atom is -0.497 e. The van der Waals surface area contributed by atoms with Crippen molar-refractivity contribution in [3.05, 3.63) is 119 Å². The normalized spacial score (nSPS) is 13.3. The summed E-state index contributed by atoms with van der Waals surface area (Å²) in [6.45, 7) is 6.84. The van der Waals surface area contributed by atoms with Crippen molar-refractivity contribution < 1.29 is 9.47 Å². The van der Waals surface area contributed by atoms with E-state index in [9.17, 15) is 0 Å². The maximum Gasteiger partial charge on any atom is 0.129 e. The van der Waals surface area contributed by atoms with Gasteiger partial charge in [0.05, 0.1) is 19.6 Å². The Bertz CT molecular complexity index is 1380. The molecule has 0 aromatic heterocycles. The second-order valence-corrected chi connectivity index (χ2v) is 14.8. The zero-order valence-electron chi connectivity index (χ0n) is 21.0. The van der Waals surface area contributed by atoms with E-state index in [0.717, 1.165) is 17.1 Å². The van der Waals surface area contributed by atoms with Gasteiger partial charge in [0.2, 0.25) is 0 Å². The predicted molar refractivity (Wildman–Crippen MR) is 147 cm³/mol. The molecule has 0 atom stereocenters. The molecule has 0 unspecified atom stereocenters. The second-order valence-electron chi connectivity index (χ2n) is 10.0. The van der Waals surface area contributed by atoms with Crippen LogP contribution in [0.4, 0.5) is 0 Å². The highest BCUT2D eigenvalue weighted by Gasteiger charge is 2.46. The van der Waals surface area contributed by atoms with E-state index in [-0.39, 0.29) is 0 Å². The van der Waals surface area contributed by atoms with E-state index >= 15 is 0 Å². The molecule has 0 radical (unpaired) electrons. The maximum atomic E-state index is 5.49. The highest BCUT2D eigenvalue weighted by atomic mass is 28.3. The monoisotopic (exact) mass is 474 g/mol. The average molecular weight is 475 g/mol. The lowest BCUT2D eigenvalue weighted by Crippen LogP contribution is -2.28. The van der Waals surface area contributed by atoms with E-state index in [1.165, 1.54) is 33.4 Å². The fourth-order valence-corrected chi connectivity index (χ4v) is 5.61. The van der Waals surface area contributed by atoms with Gasteiger partial charge in [-0.15, -0.1) is 5.54 Å². The Balaban J connectivity index is 1.85. The molecular weight excluding hydrogens is 444 g/mol. The molecule has 5 rings (SSSR count). The Morgan fingerprint density at radius 1 is 0.629 bits per heavy atom. The average Bonchev–Trinajstić information content (AvgIpc) is 3.18. The van der Waals surface area contributed by atoms with Gasteiger partial charge in [0.1, 0.15) is 19.6 Å². The van der Waals surface area contributed by atoms with Crippen molar-refractivity contribution in [2.75, 3.05) is 14.2 Å². The quantitative estimate of drug-likeness (QED) is 0.201. The summed E-state index contributed by atoms with van der Waals surface area (Å²) in [6, 6.07) is 32.4. The third-order valence-corrected chi connectivity index (χ3v) is 7.55. The molecule has 2 nitrogen and oxygen atoms in total. The lowest BCUT2D eigenvalue weighted by Gasteiger charge is -2.34. The van der Waals surface area contributed by atoms with Crippen LogP contribution in [-0.4, -0.2) is 22.3 Å². The van der Waals surface area contributed by atoms with Gasteiger partial charge in [-0.05, 0) is 69.8 Å². The topological polar surface area (TPSA) is 18.5 Å². The summed E-state index contributed by atoms with van der Waals surface area (Å²) in [6.07, 6.45) is 0. The predicted octanol–water partition coefficient (Wildman–Crippen LogP) is 7.30. The van der Waals surface area contributed by atoms with Crippen LogP contribution in [0, 0.1) is 11.5 Å². The highest BCUT2D eigenvalue weighted by molar-refractivity contribution is 6.83. The first-order valence-corrected chi connectivity index (χ1v) is 15.4. The van der Waals surface area contributed by atoms with Crippen LogP contribution >= 0.6 is 0 Å². The Hall–Kier alpha value is -3.74. The molecule has 35 heavy (non-hydrogen) atoms. The SMILES string of the molecule is COc1ccc(C2(c3ccc(OC)cc3)c3ccccc3-c3ccc(C#C[Si](C)(C)C)cc32)cc1. The molecule has 0 bridgehead atoms. The first kappa shape index (κ1) is 23.0. The fraction of sp³-hybridized carbons (Fsp3) is 0.188. The smallest absolute Gasteiger partial charge is 0.129 e. The van der Waals surface area contributed by atoms with Crippen molar-refractivity contribution in [1.29, 1.82) is 0 Å². The fourth-order valence-electron chi connectivity index (χ4n) is 5.09. The molecule has 1 aliphatic rings. The van der Waals surface area contributed by atoms with Crippen LogP contribution in [0.1, 0.15) is 27.8 Å². The summed E-state index contributed by atoms with van der Waals surface area (Å²) in [4.78, 5) is 0. The lowest BCUT2D eigenvalue weighted by molar-refractivity contribution is 0.414. The molecule has 0 N–H and O–H groups in total. The van der Waals surface area contributed by atoms with E-state index in [1.807, 2.05) is 0 Å². The summed E-state index contributed by atoms with van der Waals surface area (Å²) in [7, 11) is 1.91. The van der Waals surface area contributed by atoms with Crippen LogP contribution in [0.5, 0.6) is 11.5 Å². The molecule has 4 aromatic rings. The van der Waals surface area contributed by atoms with Gasteiger partial charge in [-0.3, -0.25) is 0 Å². The van der Waals surface area contributed by atoms with E-state index in [1.54, 1.807) is 14.2 Å². The van der Waals surface area contributed by atoms with E-state index < -0.39 is 13.5 Å². The summed E-state index contributed by atoms with van der Waals surface area (Å²) in [5, 5.41) is 0. The number of fused-ring (bicyclic) bond motifs is 3. The highest BCUT2D eigenvalue weighted by Crippen LogP contribution is 2.56. The largest absolute Gasteiger partial charge is 0.497 e. The van der Waals surface area contributed by atoms with Crippen LogP contribution in [0.2, 0.25) is 19.6 Å². The molecule has 1 aliphatic carbocycles.